The molecule has 0 aliphatic heterocycles. The van der Waals surface area contributed by atoms with E-state index in [-0.39, 0.29) is 35.6 Å². The Morgan fingerprint density at radius 3 is 2.74 bits per heavy atom. The van der Waals surface area contributed by atoms with Gasteiger partial charge in [-0.05, 0) is 37.1 Å². The SMILES string of the molecule is COc1ccnc(C(=O)N[C@@H](C)C(=O)OC2CCc3ccccc3C2C)c1OC(=O)CCSC. The van der Waals surface area contributed by atoms with E-state index in [0.29, 0.717) is 5.75 Å². The standard InChI is InChI=1S/C25H30N2O6S/c1-15-18-8-6-5-7-17(18)9-10-19(15)32-25(30)16(2)27-24(29)22-23(20(31-3)11-13-26-22)33-21(28)12-14-34-4/h5-8,11,13,15-16,19H,9-10,12,14H2,1-4H3,(H,27,29)/t15?,16-,19?/m0/s1. The van der Waals surface area contributed by atoms with Crippen molar-refractivity contribution < 1.29 is 28.6 Å². The first kappa shape index (κ1) is 25.6. The van der Waals surface area contributed by atoms with Crippen LogP contribution in [0.15, 0.2) is 36.5 Å². The maximum absolute atomic E-state index is 12.9. The minimum Gasteiger partial charge on any atom is -0.493 e. The molecule has 1 N–H and O–H groups in total. The maximum atomic E-state index is 12.9. The van der Waals surface area contributed by atoms with Crippen LogP contribution in [0.1, 0.15) is 54.2 Å². The van der Waals surface area contributed by atoms with Crippen LogP contribution in [0.25, 0.3) is 0 Å². The average molecular weight is 487 g/mol. The molecule has 8 nitrogen and oxygen atoms in total. The van der Waals surface area contributed by atoms with Crippen molar-refractivity contribution in [2.75, 3.05) is 19.1 Å². The smallest absolute Gasteiger partial charge is 0.328 e. The molecule has 1 aliphatic rings. The lowest BCUT2D eigenvalue weighted by atomic mass is 9.82. The van der Waals surface area contributed by atoms with Gasteiger partial charge in [-0.3, -0.25) is 9.59 Å². The minimum absolute atomic E-state index is 0.0594. The number of amides is 1. The van der Waals surface area contributed by atoms with Crippen molar-refractivity contribution in [2.45, 2.75) is 51.2 Å². The lowest BCUT2D eigenvalue weighted by Crippen LogP contribution is -2.42. The predicted octanol–water partition coefficient (Wildman–Crippen LogP) is 3.53. The largest absolute Gasteiger partial charge is 0.493 e. The Hall–Kier alpha value is -3.07. The fraction of sp³-hybridized carbons (Fsp3) is 0.440. The molecule has 9 heteroatoms. The number of nitrogens with zero attached hydrogens (tertiary/aromatic N) is 1. The zero-order chi connectivity index (χ0) is 24.7. The van der Waals surface area contributed by atoms with Crippen molar-refractivity contribution >= 4 is 29.6 Å². The number of rotatable bonds is 9. The summed E-state index contributed by atoms with van der Waals surface area (Å²) in [6.45, 7) is 3.59. The van der Waals surface area contributed by atoms with Gasteiger partial charge in [0.15, 0.2) is 11.4 Å². The fourth-order valence-corrected chi connectivity index (χ4v) is 4.26. The van der Waals surface area contributed by atoms with Crippen LogP contribution in [-0.4, -0.2) is 54.1 Å². The van der Waals surface area contributed by atoms with E-state index in [9.17, 15) is 14.4 Å². The number of esters is 2. The van der Waals surface area contributed by atoms with Crippen LogP contribution in [0.3, 0.4) is 0 Å². The third kappa shape index (κ3) is 6.08. The van der Waals surface area contributed by atoms with Gasteiger partial charge in [0.05, 0.1) is 13.5 Å². The van der Waals surface area contributed by atoms with Crippen molar-refractivity contribution in [3.8, 4) is 11.5 Å². The summed E-state index contributed by atoms with van der Waals surface area (Å²) >= 11 is 1.50. The van der Waals surface area contributed by atoms with Crippen LogP contribution in [0.4, 0.5) is 0 Å². The third-order valence-electron chi connectivity index (χ3n) is 5.80. The Kier molecular flexibility index (Phi) is 8.92. The first-order chi connectivity index (χ1) is 16.3. The molecule has 0 fully saturated rings. The number of hydrogen-bond acceptors (Lipinski definition) is 8. The number of aryl methyl sites for hydroxylation is 1. The quantitative estimate of drug-likeness (QED) is 0.537. The number of methoxy groups -OCH3 is 1. The normalized spacial score (nSPS) is 17.8. The molecule has 3 atom stereocenters. The Bertz CT molecular complexity index is 1040. The molecule has 182 valence electrons. The monoisotopic (exact) mass is 486 g/mol. The second-order valence-electron chi connectivity index (χ2n) is 8.10. The Morgan fingerprint density at radius 2 is 2.00 bits per heavy atom. The van der Waals surface area contributed by atoms with E-state index in [1.54, 1.807) is 6.92 Å². The first-order valence-corrected chi connectivity index (χ1v) is 12.6. The molecular formula is C25H30N2O6S. The van der Waals surface area contributed by atoms with Crippen LogP contribution in [0, 0.1) is 0 Å². The van der Waals surface area contributed by atoms with Crippen LogP contribution in [0.5, 0.6) is 11.5 Å². The van der Waals surface area contributed by atoms with E-state index in [1.165, 1.54) is 42.3 Å². The van der Waals surface area contributed by atoms with Gasteiger partial charge in [-0.25, -0.2) is 9.78 Å². The summed E-state index contributed by atoms with van der Waals surface area (Å²) in [6.07, 6.45) is 4.70. The molecule has 34 heavy (non-hydrogen) atoms. The van der Waals surface area contributed by atoms with E-state index in [0.717, 1.165) is 12.8 Å². The zero-order valence-electron chi connectivity index (χ0n) is 19.8. The van der Waals surface area contributed by atoms with Crippen molar-refractivity contribution in [1.82, 2.24) is 10.3 Å². The van der Waals surface area contributed by atoms with Crippen LogP contribution < -0.4 is 14.8 Å². The summed E-state index contributed by atoms with van der Waals surface area (Å²) in [5, 5.41) is 2.60. The van der Waals surface area contributed by atoms with Crippen molar-refractivity contribution in [1.29, 1.82) is 0 Å². The van der Waals surface area contributed by atoms with Crippen LogP contribution in [-0.2, 0) is 20.7 Å². The van der Waals surface area contributed by atoms with Gasteiger partial charge in [0, 0.05) is 23.9 Å². The number of benzene rings is 1. The summed E-state index contributed by atoms with van der Waals surface area (Å²) in [4.78, 5) is 41.9. The molecule has 3 rings (SSSR count). The van der Waals surface area contributed by atoms with Gasteiger partial charge >= 0.3 is 11.9 Å². The average Bonchev–Trinajstić information content (AvgIpc) is 2.84. The maximum Gasteiger partial charge on any atom is 0.328 e. The summed E-state index contributed by atoms with van der Waals surface area (Å²) in [5.74, 6) is -0.952. The highest BCUT2D eigenvalue weighted by atomic mass is 32.2. The molecule has 0 spiro atoms. The number of ether oxygens (including phenoxy) is 3. The molecule has 0 radical (unpaired) electrons. The molecule has 0 saturated carbocycles. The molecular weight excluding hydrogens is 456 g/mol. The van der Waals surface area contributed by atoms with Gasteiger partial charge in [0.25, 0.3) is 5.91 Å². The number of aromatic nitrogens is 1. The number of carbonyl (C=O) groups is 3. The van der Waals surface area contributed by atoms with Gasteiger partial charge in [-0.1, -0.05) is 31.2 Å². The van der Waals surface area contributed by atoms with Gasteiger partial charge in [0.2, 0.25) is 5.75 Å². The van der Waals surface area contributed by atoms with Crippen molar-refractivity contribution in [3.63, 3.8) is 0 Å². The number of thioether (sulfide) groups is 1. The second kappa shape index (κ2) is 11.9. The molecule has 1 aromatic carbocycles. The molecule has 1 aliphatic carbocycles. The van der Waals surface area contributed by atoms with Gasteiger partial charge < -0.3 is 19.5 Å². The highest BCUT2D eigenvalue weighted by Crippen LogP contribution is 2.33. The topological polar surface area (TPSA) is 104 Å². The van der Waals surface area contributed by atoms with E-state index < -0.39 is 23.9 Å². The molecule has 2 unspecified atom stereocenters. The highest BCUT2D eigenvalue weighted by molar-refractivity contribution is 7.98. The van der Waals surface area contributed by atoms with E-state index >= 15 is 0 Å². The highest BCUT2D eigenvalue weighted by Gasteiger charge is 2.31. The van der Waals surface area contributed by atoms with Gasteiger partial charge in [0.1, 0.15) is 12.1 Å². The lowest BCUT2D eigenvalue weighted by molar-refractivity contribution is -0.152. The number of carbonyl (C=O) groups excluding carboxylic acids is 3. The molecule has 1 aromatic heterocycles. The number of fused-ring (bicyclic) bond motifs is 1. The van der Waals surface area contributed by atoms with E-state index in [1.807, 2.05) is 25.3 Å². The minimum atomic E-state index is -0.926. The first-order valence-electron chi connectivity index (χ1n) is 11.2. The Balaban J connectivity index is 1.67. The summed E-state index contributed by atoms with van der Waals surface area (Å²) in [6, 6.07) is 8.71. The van der Waals surface area contributed by atoms with Gasteiger partial charge in [-0.15, -0.1) is 0 Å². The van der Waals surface area contributed by atoms with Crippen molar-refractivity contribution in [2.24, 2.45) is 0 Å². The van der Waals surface area contributed by atoms with Crippen molar-refractivity contribution in [3.05, 3.63) is 53.3 Å². The number of hydrogen-bond donors (Lipinski definition) is 1. The second-order valence-corrected chi connectivity index (χ2v) is 9.09. The summed E-state index contributed by atoms with van der Waals surface area (Å²) < 4.78 is 16.4. The van der Waals surface area contributed by atoms with E-state index in [4.69, 9.17) is 14.2 Å². The Morgan fingerprint density at radius 1 is 1.24 bits per heavy atom. The Labute approximate surface area is 203 Å². The van der Waals surface area contributed by atoms with Gasteiger partial charge in [-0.2, -0.15) is 11.8 Å². The summed E-state index contributed by atoms with van der Waals surface area (Å²) in [7, 11) is 1.40. The molecule has 2 aromatic rings. The number of pyridine rings is 1. The molecule has 0 bridgehead atoms. The third-order valence-corrected chi connectivity index (χ3v) is 6.41. The fourth-order valence-electron chi connectivity index (χ4n) is 3.89. The van der Waals surface area contributed by atoms with Crippen LogP contribution in [0.2, 0.25) is 0 Å². The van der Waals surface area contributed by atoms with E-state index in [2.05, 4.69) is 22.4 Å². The number of nitrogens with one attached hydrogen (secondary N) is 1. The molecule has 1 heterocycles. The molecule has 1 amide bonds. The predicted molar refractivity (Wildman–Crippen MR) is 129 cm³/mol. The zero-order valence-corrected chi connectivity index (χ0v) is 20.6. The molecule has 0 saturated heterocycles. The van der Waals surface area contributed by atoms with Crippen LogP contribution >= 0.6 is 11.8 Å². The summed E-state index contributed by atoms with van der Waals surface area (Å²) in [5.41, 5.74) is 2.31. The lowest BCUT2D eigenvalue weighted by Gasteiger charge is -2.31.